The van der Waals surface area contributed by atoms with Gasteiger partial charge in [0.25, 0.3) is 0 Å². The number of fused-ring (bicyclic) bond motifs is 1. The molecular weight excluding hydrogens is 342 g/mol. The Balaban J connectivity index is 1.83. The van der Waals surface area contributed by atoms with Crippen molar-refractivity contribution in [2.45, 2.75) is 26.4 Å². The lowest BCUT2D eigenvalue weighted by molar-refractivity contribution is -0.122. The highest BCUT2D eigenvalue weighted by atomic mass is 16.5. The minimum atomic E-state index is -0.197. The molecule has 1 atom stereocenters. The van der Waals surface area contributed by atoms with Crippen molar-refractivity contribution in [1.29, 1.82) is 0 Å². The smallest absolute Gasteiger partial charge is 0.329 e. The molecule has 2 aromatic carbocycles. The van der Waals surface area contributed by atoms with Gasteiger partial charge in [0.05, 0.1) is 24.2 Å². The number of imidazole rings is 1. The lowest BCUT2D eigenvalue weighted by atomic mass is 9.96. The van der Waals surface area contributed by atoms with E-state index >= 15 is 0 Å². The first-order valence-corrected chi connectivity index (χ1v) is 9.00. The molecule has 0 aliphatic heterocycles. The maximum atomic E-state index is 12.7. The van der Waals surface area contributed by atoms with Crippen molar-refractivity contribution in [3.8, 4) is 5.75 Å². The summed E-state index contributed by atoms with van der Waals surface area (Å²) in [5.41, 5.74) is 2.37. The summed E-state index contributed by atoms with van der Waals surface area (Å²) in [6, 6.07) is 15.0. The van der Waals surface area contributed by atoms with E-state index in [-0.39, 0.29) is 30.1 Å². The van der Waals surface area contributed by atoms with Crippen molar-refractivity contribution in [3.05, 3.63) is 64.6 Å². The van der Waals surface area contributed by atoms with Crippen LogP contribution in [-0.2, 0) is 18.4 Å². The fraction of sp³-hybridized carbons (Fsp3) is 0.333. The number of hydrogen-bond donors (Lipinski definition) is 1. The zero-order valence-electron chi connectivity index (χ0n) is 16.1. The minimum absolute atomic E-state index is 0.0143. The molecule has 1 amide bonds. The van der Waals surface area contributed by atoms with Crippen LogP contribution in [0.2, 0.25) is 0 Å². The van der Waals surface area contributed by atoms with Gasteiger partial charge in [0.2, 0.25) is 5.91 Å². The van der Waals surface area contributed by atoms with Gasteiger partial charge in [0.1, 0.15) is 12.3 Å². The molecule has 1 aromatic heterocycles. The molecule has 0 bridgehead atoms. The van der Waals surface area contributed by atoms with Gasteiger partial charge in [-0.15, -0.1) is 0 Å². The van der Waals surface area contributed by atoms with Crippen LogP contribution in [0.1, 0.15) is 25.5 Å². The number of carbonyl (C=O) groups excluding carboxylic acids is 1. The third-order valence-electron chi connectivity index (χ3n) is 4.81. The lowest BCUT2D eigenvalue weighted by Gasteiger charge is -2.23. The number of ether oxygens (including phenoxy) is 1. The molecule has 0 saturated heterocycles. The van der Waals surface area contributed by atoms with E-state index in [4.69, 9.17) is 4.74 Å². The Kier molecular flexibility index (Phi) is 5.35. The monoisotopic (exact) mass is 367 g/mol. The van der Waals surface area contributed by atoms with Gasteiger partial charge >= 0.3 is 5.69 Å². The maximum absolute atomic E-state index is 12.7. The summed E-state index contributed by atoms with van der Waals surface area (Å²) < 4.78 is 8.27. The standard InChI is InChI=1S/C21H25N3O3/c1-14(2)20(15-9-11-16(27-4)12-10-15)22-19(25)13-24-18-8-6-5-7-17(18)23(3)21(24)26/h5-12,14,20H,13H2,1-4H3,(H,22,25). The molecule has 6 nitrogen and oxygen atoms in total. The van der Waals surface area contributed by atoms with E-state index in [1.165, 1.54) is 4.57 Å². The van der Waals surface area contributed by atoms with Gasteiger partial charge in [0, 0.05) is 7.05 Å². The summed E-state index contributed by atoms with van der Waals surface area (Å²) in [4.78, 5) is 25.2. The Morgan fingerprint density at radius 1 is 1.07 bits per heavy atom. The van der Waals surface area contributed by atoms with E-state index in [0.717, 1.165) is 22.3 Å². The number of amides is 1. The van der Waals surface area contributed by atoms with Crippen LogP contribution in [0.25, 0.3) is 11.0 Å². The first-order valence-electron chi connectivity index (χ1n) is 9.00. The van der Waals surface area contributed by atoms with E-state index < -0.39 is 0 Å². The number of nitrogens with zero attached hydrogens (tertiary/aromatic N) is 2. The summed E-state index contributed by atoms with van der Waals surface area (Å²) in [6.45, 7) is 4.10. The molecular formula is C21H25N3O3. The van der Waals surface area contributed by atoms with Gasteiger partial charge in [-0.25, -0.2) is 4.79 Å². The molecule has 27 heavy (non-hydrogen) atoms. The number of methoxy groups -OCH3 is 1. The zero-order valence-corrected chi connectivity index (χ0v) is 16.1. The number of benzene rings is 2. The molecule has 3 aromatic rings. The predicted molar refractivity (Wildman–Crippen MR) is 106 cm³/mol. The quantitative estimate of drug-likeness (QED) is 0.729. The molecule has 0 fully saturated rings. The van der Waals surface area contributed by atoms with Crippen LogP contribution in [0.3, 0.4) is 0 Å². The van der Waals surface area contributed by atoms with Gasteiger partial charge in [-0.1, -0.05) is 38.1 Å². The Morgan fingerprint density at radius 3 is 2.30 bits per heavy atom. The van der Waals surface area contributed by atoms with Gasteiger partial charge in [-0.05, 0) is 35.7 Å². The average Bonchev–Trinajstić information content (AvgIpc) is 2.91. The second kappa shape index (κ2) is 7.70. The number of hydrogen-bond acceptors (Lipinski definition) is 3. The van der Waals surface area contributed by atoms with Crippen LogP contribution in [0, 0.1) is 5.92 Å². The van der Waals surface area contributed by atoms with Crippen LogP contribution >= 0.6 is 0 Å². The number of aryl methyl sites for hydroxylation is 1. The Bertz CT molecular complexity index is 1000. The fourth-order valence-corrected chi connectivity index (χ4v) is 3.32. The second-order valence-electron chi connectivity index (χ2n) is 6.98. The van der Waals surface area contributed by atoms with E-state index in [2.05, 4.69) is 19.2 Å². The molecule has 1 unspecified atom stereocenters. The van der Waals surface area contributed by atoms with Crippen LogP contribution < -0.4 is 15.7 Å². The van der Waals surface area contributed by atoms with Crippen LogP contribution in [0.4, 0.5) is 0 Å². The summed E-state index contributed by atoms with van der Waals surface area (Å²) in [5, 5.41) is 3.07. The van der Waals surface area contributed by atoms with E-state index in [1.54, 1.807) is 18.7 Å². The van der Waals surface area contributed by atoms with Gasteiger partial charge in [0.15, 0.2) is 0 Å². The molecule has 1 heterocycles. The molecule has 1 N–H and O–H groups in total. The van der Waals surface area contributed by atoms with Gasteiger partial charge in [-0.3, -0.25) is 13.9 Å². The van der Waals surface area contributed by atoms with Crippen molar-refractivity contribution in [2.24, 2.45) is 13.0 Å². The SMILES string of the molecule is COc1ccc(C(NC(=O)Cn2c(=O)n(C)c3ccccc32)C(C)C)cc1. The van der Waals surface area contributed by atoms with Gasteiger partial charge in [-0.2, -0.15) is 0 Å². The van der Waals surface area contributed by atoms with Gasteiger partial charge < -0.3 is 10.1 Å². The summed E-state index contributed by atoms with van der Waals surface area (Å²) in [7, 11) is 3.34. The zero-order chi connectivity index (χ0) is 19.6. The van der Waals surface area contributed by atoms with E-state index in [0.29, 0.717) is 0 Å². The van der Waals surface area contributed by atoms with E-state index in [9.17, 15) is 9.59 Å². The van der Waals surface area contributed by atoms with Crippen molar-refractivity contribution in [2.75, 3.05) is 7.11 Å². The minimum Gasteiger partial charge on any atom is -0.497 e. The van der Waals surface area contributed by atoms with Crippen molar-refractivity contribution >= 4 is 16.9 Å². The lowest BCUT2D eigenvalue weighted by Crippen LogP contribution is -2.36. The Hall–Kier alpha value is -3.02. The number of rotatable bonds is 6. The third-order valence-corrected chi connectivity index (χ3v) is 4.81. The summed E-state index contributed by atoms with van der Waals surface area (Å²) in [5.74, 6) is 0.782. The molecule has 6 heteroatoms. The summed E-state index contributed by atoms with van der Waals surface area (Å²) >= 11 is 0. The van der Waals surface area contributed by atoms with Crippen LogP contribution in [0.15, 0.2) is 53.3 Å². The molecule has 0 radical (unpaired) electrons. The van der Waals surface area contributed by atoms with Crippen LogP contribution in [-0.4, -0.2) is 22.2 Å². The molecule has 0 aliphatic rings. The van der Waals surface area contributed by atoms with E-state index in [1.807, 2.05) is 48.5 Å². The van der Waals surface area contributed by atoms with Crippen molar-refractivity contribution < 1.29 is 9.53 Å². The molecule has 0 aliphatic carbocycles. The predicted octanol–water partition coefficient (Wildman–Crippen LogP) is 2.86. The molecule has 142 valence electrons. The van der Waals surface area contributed by atoms with Crippen LogP contribution in [0.5, 0.6) is 5.75 Å². The molecule has 0 saturated carbocycles. The first-order chi connectivity index (χ1) is 12.9. The highest BCUT2D eigenvalue weighted by molar-refractivity contribution is 5.81. The third kappa shape index (κ3) is 3.74. The maximum Gasteiger partial charge on any atom is 0.329 e. The largest absolute Gasteiger partial charge is 0.497 e. The number of para-hydroxylation sites is 2. The summed E-state index contributed by atoms with van der Waals surface area (Å²) in [6.07, 6.45) is 0. The molecule has 0 spiro atoms. The first kappa shape index (κ1) is 18.8. The second-order valence-corrected chi connectivity index (χ2v) is 6.98. The normalized spacial score (nSPS) is 12.3. The number of carbonyl (C=O) groups is 1. The fourth-order valence-electron chi connectivity index (χ4n) is 3.32. The Labute approximate surface area is 158 Å². The van der Waals surface area contributed by atoms with Crippen molar-refractivity contribution in [1.82, 2.24) is 14.5 Å². The molecule has 3 rings (SSSR count). The average molecular weight is 367 g/mol. The topological polar surface area (TPSA) is 65.3 Å². The highest BCUT2D eigenvalue weighted by Crippen LogP contribution is 2.24. The number of nitrogens with one attached hydrogen (secondary N) is 1. The highest BCUT2D eigenvalue weighted by Gasteiger charge is 2.20. The Morgan fingerprint density at radius 2 is 1.70 bits per heavy atom. The number of aromatic nitrogens is 2. The van der Waals surface area contributed by atoms with Crippen molar-refractivity contribution in [3.63, 3.8) is 0 Å².